The molecule has 0 aliphatic rings. The zero-order valence-electron chi connectivity index (χ0n) is 8.82. The third-order valence-electron chi connectivity index (χ3n) is 1.54. The number of oxime groups is 1. The number of rotatable bonds is 6. The topological polar surface area (TPSA) is 34.5 Å². The van der Waals surface area contributed by atoms with Crippen molar-refractivity contribution in [1.82, 2.24) is 4.98 Å². The molecule has 0 spiro atoms. The molecular weight excluding hydrogens is 273 g/mol. The number of thioether (sulfide) groups is 1. The number of allylic oxidation sites excluding steroid dienone is 1. The third-order valence-corrected chi connectivity index (χ3v) is 3.63. The minimum atomic E-state index is -2.25. The molecule has 0 unspecified atom stereocenters. The zero-order chi connectivity index (χ0) is 12.7. The number of halogens is 3. The van der Waals surface area contributed by atoms with Crippen LogP contribution in [0, 0.1) is 0 Å². The quantitative estimate of drug-likeness (QED) is 0.453. The van der Waals surface area contributed by atoms with E-state index in [9.17, 15) is 13.2 Å². The van der Waals surface area contributed by atoms with Gasteiger partial charge in [-0.25, -0.2) is 9.37 Å². The van der Waals surface area contributed by atoms with E-state index < -0.39 is 11.9 Å². The summed E-state index contributed by atoms with van der Waals surface area (Å²) in [4.78, 5) is 9.30. The van der Waals surface area contributed by atoms with Crippen molar-refractivity contribution in [3.63, 3.8) is 0 Å². The lowest BCUT2D eigenvalue weighted by atomic mass is 10.4. The second-order valence-corrected chi connectivity index (χ2v) is 5.11. The number of hydrogen-bond acceptors (Lipinski definition) is 5. The molecule has 1 aromatic heterocycles. The SMILES string of the molecule is CO/N=C/c1cnc(SCCC(F)=C(F)F)s1. The Morgan fingerprint density at radius 2 is 2.35 bits per heavy atom. The lowest BCUT2D eigenvalue weighted by Gasteiger charge is -1.94. The van der Waals surface area contributed by atoms with E-state index in [2.05, 4.69) is 15.0 Å². The van der Waals surface area contributed by atoms with Crippen LogP contribution in [0.1, 0.15) is 11.3 Å². The molecule has 1 aromatic rings. The second kappa shape index (κ2) is 7.33. The molecule has 1 heterocycles. The molecule has 0 aliphatic carbocycles. The average molecular weight is 282 g/mol. The van der Waals surface area contributed by atoms with Crippen molar-refractivity contribution in [2.24, 2.45) is 5.16 Å². The predicted molar refractivity (Wildman–Crippen MR) is 62.4 cm³/mol. The molecule has 17 heavy (non-hydrogen) atoms. The monoisotopic (exact) mass is 282 g/mol. The van der Waals surface area contributed by atoms with Gasteiger partial charge in [-0.1, -0.05) is 16.9 Å². The summed E-state index contributed by atoms with van der Waals surface area (Å²) >= 11 is 2.55. The van der Waals surface area contributed by atoms with Crippen LogP contribution in [-0.2, 0) is 4.84 Å². The number of nitrogens with zero attached hydrogens (tertiary/aromatic N) is 2. The smallest absolute Gasteiger partial charge is 0.301 e. The summed E-state index contributed by atoms with van der Waals surface area (Å²) in [5.41, 5.74) is 0. The first kappa shape index (κ1) is 14.0. The van der Waals surface area contributed by atoms with Crippen molar-refractivity contribution in [2.75, 3.05) is 12.9 Å². The van der Waals surface area contributed by atoms with Crippen molar-refractivity contribution >= 4 is 29.3 Å². The zero-order valence-corrected chi connectivity index (χ0v) is 10.5. The molecule has 0 amide bonds. The largest absolute Gasteiger partial charge is 0.399 e. The molecule has 94 valence electrons. The summed E-state index contributed by atoms with van der Waals surface area (Å²) in [6, 6.07) is 0. The van der Waals surface area contributed by atoms with Gasteiger partial charge in [0.1, 0.15) is 11.4 Å². The van der Waals surface area contributed by atoms with Gasteiger partial charge in [-0.3, -0.25) is 0 Å². The fourth-order valence-electron chi connectivity index (χ4n) is 0.823. The van der Waals surface area contributed by atoms with E-state index in [1.54, 1.807) is 6.20 Å². The van der Waals surface area contributed by atoms with Gasteiger partial charge >= 0.3 is 6.08 Å². The number of hydrogen-bond donors (Lipinski definition) is 0. The van der Waals surface area contributed by atoms with E-state index in [-0.39, 0.29) is 12.2 Å². The molecule has 1 rings (SSSR count). The van der Waals surface area contributed by atoms with E-state index in [1.165, 1.54) is 36.4 Å². The van der Waals surface area contributed by atoms with Crippen LogP contribution < -0.4 is 0 Å². The molecule has 0 aliphatic heterocycles. The van der Waals surface area contributed by atoms with E-state index >= 15 is 0 Å². The maximum absolute atomic E-state index is 12.5. The summed E-state index contributed by atoms with van der Waals surface area (Å²) < 4.78 is 36.6. The summed E-state index contributed by atoms with van der Waals surface area (Å²) in [5, 5.41) is 3.56. The molecule has 0 N–H and O–H groups in total. The van der Waals surface area contributed by atoms with Crippen LogP contribution in [-0.4, -0.2) is 24.1 Å². The first-order chi connectivity index (χ1) is 8.13. The predicted octanol–water partition coefficient (Wildman–Crippen LogP) is 3.68. The van der Waals surface area contributed by atoms with Crippen LogP contribution in [0.2, 0.25) is 0 Å². The average Bonchev–Trinajstić information content (AvgIpc) is 2.74. The Labute approximate surface area is 104 Å². The van der Waals surface area contributed by atoms with E-state index in [1.807, 2.05) is 0 Å². The fourth-order valence-corrected chi connectivity index (χ4v) is 2.69. The Hall–Kier alpha value is -1.02. The first-order valence-electron chi connectivity index (χ1n) is 4.48. The standard InChI is InChI=1S/C9H9F3N2OS2/c1-15-14-5-6-4-13-9(17-6)16-3-2-7(10)8(11)12/h4-5H,2-3H2,1H3/b14-5+. The van der Waals surface area contributed by atoms with Crippen LogP contribution >= 0.6 is 23.1 Å². The van der Waals surface area contributed by atoms with Gasteiger partial charge in [0.15, 0.2) is 5.83 Å². The molecule has 0 saturated heterocycles. The summed E-state index contributed by atoms with van der Waals surface area (Å²) in [6.07, 6.45) is 0.521. The van der Waals surface area contributed by atoms with Crippen molar-refractivity contribution < 1.29 is 18.0 Å². The van der Waals surface area contributed by atoms with Gasteiger partial charge in [-0.2, -0.15) is 8.78 Å². The molecular formula is C9H9F3N2OS2. The van der Waals surface area contributed by atoms with Crippen LogP contribution in [0.4, 0.5) is 13.2 Å². The summed E-state index contributed by atoms with van der Waals surface area (Å²) in [6.45, 7) is 0. The number of thiazole rings is 1. The van der Waals surface area contributed by atoms with Crippen molar-refractivity contribution in [3.8, 4) is 0 Å². The molecule has 3 nitrogen and oxygen atoms in total. The van der Waals surface area contributed by atoms with Crippen LogP contribution in [0.5, 0.6) is 0 Å². The second-order valence-electron chi connectivity index (χ2n) is 2.71. The molecule has 0 saturated carbocycles. The van der Waals surface area contributed by atoms with Crippen LogP contribution in [0.25, 0.3) is 0 Å². The maximum Gasteiger partial charge on any atom is 0.301 e. The van der Waals surface area contributed by atoms with E-state index in [0.717, 1.165) is 4.88 Å². The molecule has 0 radical (unpaired) electrons. The Balaban J connectivity index is 2.40. The highest BCUT2D eigenvalue weighted by atomic mass is 32.2. The van der Waals surface area contributed by atoms with Crippen molar-refractivity contribution in [1.29, 1.82) is 0 Å². The highest BCUT2D eigenvalue weighted by Gasteiger charge is 2.06. The lowest BCUT2D eigenvalue weighted by molar-refractivity contribution is 0.215. The lowest BCUT2D eigenvalue weighted by Crippen LogP contribution is -1.81. The van der Waals surface area contributed by atoms with Crippen molar-refractivity contribution in [3.05, 3.63) is 23.0 Å². The summed E-state index contributed by atoms with van der Waals surface area (Å²) in [5.74, 6) is -1.15. The van der Waals surface area contributed by atoms with Gasteiger partial charge in [-0.15, -0.1) is 11.3 Å². The minimum Gasteiger partial charge on any atom is -0.399 e. The molecule has 8 heteroatoms. The normalized spacial score (nSPS) is 10.8. The Morgan fingerprint density at radius 1 is 1.59 bits per heavy atom. The first-order valence-corrected chi connectivity index (χ1v) is 6.28. The molecule has 0 fully saturated rings. The van der Waals surface area contributed by atoms with Crippen molar-refractivity contribution in [2.45, 2.75) is 10.8 Å². The maximum atomic E-state index is 12.5. The molecule has 0 aromatic carbocycles. The van der Waals surface area contributed by atoms with Gasteiger partial charge in [0, 0.05) is 18.4 Å². The van der Waals surface area contributed by atoms with Crippen LogP contribution in [0.3, 0.4) is 0 Å². The highest BCUT2D eigenvalue weighted by molar-refractivity contribution is 8.01. The number of aromatic nitrogens is 1. The summed E-state index contributed by atoms with van der Waals surface area (Å²) in [7, 11) is 1.42. The molecule has 0 atom stereocenters. The van der Waals surface area contributed by atoms with Gasteiger partial charge in [0.25, 0.3) is 0 Å². The Kier molecular flexibility index (Phi) is 6.06. The van der Waals surface area contributed by atoms with Gasteiger partial charge in [0.2, 0.25) is 0 Å². The minimum absolute atomic E-state index is 0.220. The Bertz CT molecular complexity index is 416. The highest BCUT2D eigenvalue weighted by Crippen LogP contribution is 2.26. The van der Waals surface area contributed by atoms with Gasteiger partial charge in [-0.05, 0) is 0 Å². The van der Waals surface area contributed by atoms with Crippen LogP contribution in [0.15, 0.2) is 27.6 Å². The fraction of sp³-hybridized carbons (Fsp3) is 0.333. The Morgan fingerprint density at radius 3 is 3.00 bits per heavy atom. The van der Waals surface area contributed by atoms with Gasteiger partial charge in [0.05, 0.1) is 11.1 Å². The van der Waals surface area contributed by atoms with E-state index in [4.69, 9.17) is 0 Å². The van der Waals surface area contributed by atoms with Gasteiger partial charge < -0.3 is 4.84 Å². The third kappa shape index (κ3) is 5.22. The van der Waals surface area contributed by atoms with E-state index in [0.29, 0.717) is 4.34 Å². The molecule has 0 bridgehead atoms.